The van der Waals surface area contributed by atoms with Crippen LogP contribution in [-0.2, 0) is 19.0 Å². The Morgan fingerprint density at radius 2 is 1.50 bits per heavy atom. The number of carbonyl (C=O) groups is 1. The lowest BCUT2D eigenvalue weighted by Crippen LogP contribution is -2.52. The second-order valence-electron chi connectivity index (χ2n) is 4.33. The number of hydrogen-bond donors (Lipinski definition) is 1. The summed E-state index contributed by atoms with van der Waals surface area (Å²) in [6.45, 7) is 8.62. The highest BCUT2D eigenvalue weighted by Crippen LogP contribution is 2.21. The maximum Gasteiger partial charge on any atom is 0.341 e. The van der Waals surface area contributed by atoms with Gasteiger partial charge in [0.25, 0.3) is 0 Å². The van der Waals surface area contributed by atoms with E-state index in [0.717, 1.165) is 19.3 Å². The summed E-state index contributed by atoms with van der Waals surface area (Å²) < 4.78 is 16.4. The number of aliphatic carboxylic acids is 1. The quantitative estimate of drug-likeness (QED) is 0.579. The van der Waals surface area contributed by atoms with Crippen LogP contribution in [0.3, 0.4) is 0 Å². The molecule has 0 heterocycles. The molecule has 5 heteroatoms. The molecule has 0 aliphatic heterocycles. The van der Waals surface area contributed by atoms with Gasteiger partial charge in [-0.25, -0.2) is 4.79 Å². The molecular formula is C13H26O5. The van der Waals surface area contributed by atoms with Crippen molar-refractivity contribution >= 4 is 5.97 Å². The monoisotopic (exact) mass is 262 g/mol. The van der Waals surface area contributed by atoms with Crippen LogP contribution >= 0.6 is 0 Å². The Kier molecular flexibility index (Phi) is 8.97. The number of hydrogen-bond acceptors (Lipinski definition) is 4. The molecule has 0 saturated carbocycles. The standard InChI is InChI=1S/C13H26O5/c1-5-8-16-12(17-9-6-2)13(4,11(14)15)18-10-7-3/h12H,5-10H2,1-4H3,(H,14,15). The van der Waals surface area contributed by atoms with E-state index in [1.807, 2.05) is 20.8 Å². The van der Waals surface area contributed by atoms with E-state index in [0.29, 0.717) is 19.8 Å². The van der Waals surface area contributed by atoms with Gasteiger partial charge in [-0.2, -0.15) is 0 Å². The third kappa shape index (κ3) is 5.33. The first-order chi connectivity index (χ1) is 8.52. The van der Waals surface area contributed by atoms with Gasteiger partial charge in [-0.15, -0.1) is 0 Å². The topological polar surface area (TPSA) is 65.0 Å². The molecule has 0 amide bonds. The lowest BCUT2D eigenvalue weighted by molar-refractivity contribution is -0.250. The molecule has 1 unspecified atom stereocenters. The molecule has 0 fully saturated rings. The highest BCUT2D eigenvalue weighted by atomic mass is 16.7. The van der Waals surface area contributed by atoms with Gasteiger partial charge in [-0.3, -0.25) is 0 Å². The van der Waals surface area contributed by atoms with Crippen LogP contribution in [0.25, 0.3) is 0 Å². The van der Waals surface area contributed by atoms with Gasteiger partial charge in [-0.05, 0) is 26.2 Å². The summed E-state index contributed by atoms with van der Waals surface area (Å²) in [6.07, 6.45) is 1.48. The van der Waals surface area contributed by atoms with Gasteiger partial charge in [0.05, 0.1) is 0 Å². The molecule has 0 aliphatic carbocycles. The largest absolute Gasteiger partial charge is 0.479 e. The van der Waals surface area contributed by atoms with Crippen LogP contribution in [0.1, 0.15) is 47.0 Å². The molecule has 0 radical (unpaired) electrons. The molecular weight excluding hydrogens is 236 g/mol. The lowest BCUT2D eigenvalue weighted by atomic mass is 10.1. The molecule has 0 aliphatic rings. The van der Waals surface area contributed by atoms with Crippen molar-refractivity contribution in [2.45, 2.75) is 58.8 Å². The Morgan fingerprint density at radius 1 is 1.06 bits per heavy atom. The summed E-state index contributed by atoms with van der Waals surface area (Å²) in [5.41, 5.74) is -1.46. The Morgan fingerprint density at radius 3 is 1.83 bits per heavy atom. The van der Waals surface area contributed by atoms with Crippen LogP contribution in [-0.4, -0.2) is 42.8 Å². The summed E-state index contributed by atoms with van der Waals surface area (Å²) in [4.78, 5) is 11.4. The van der Waals surface area contributed by atoms with Gasteiger partial charge in [0, 0.05) is 19.8 Å². The average molecular weight is 262 g/mol. The smallest absolute Gasteiger partial charge is 0.341 e. The molecule has 0 saturated heterocycles. The minimum absolute atomic E-state index is 0.365. The zero-order valence-corrected chi connectivity index (χ0v) is 11.9. The van der Waals surface area contributed by atoms with E-state index in [-0.39, 0.29) is 0 Å². The second-order valence-corrected chi connectivity index (χ2v) is 4.33. The van der Waals surface area contributed by atoms with Gasteiger partial charge in [0.1, 0.15) is 0 Å². The van der Waals surface area contributed by atoms with Crippen molar-refractivity contribution < 1.29 is 24.1 Å². The highest BCUT2D eigenvalue weighted by Gasteiger charge is 2.44. The van der Waals surface area contributed by atoms with Crippen LogP contribution < -0.4 is 0 Å². The average Bonchev–Trinajstić information content (AvgIpc) is 2.35. The number of carboxylic acid groups (broad SMARTS) is 1. The van der Waals surface area contributed by atoms with Gasteiger partial charge in [0.2, 0.25) is 5.60 Å². The number of ether oxygens (including phenoxy) is 3. The predicted octanol–water partition coefficient (Wildman–Crippen LogP) is 2.44. The molecule has 0 aromatic heterocycles. The van der Waals surface area contributed by atoms with E-state index in [9.17, 15) is 9.90 Å². The first-order valence-corrected chi connectivity index (χ1v) is 6.63. The van der Waals surface area contributed by atoms with Crippen LogP contribution in [0.2, 0.25) is 0 Å². The van der Waals surface area contributed by atoms with Gasteiger partial charge < -0.3 is 19.3 Å². The molecule has 0 aromatic carbocycles. The maximum atomic E-state index is 11.4. The van der Waals surface area contributed by atoms with Crippen molar-refractivity contribution in [2.24, 2.45) is 0 Å². The van der Waals surface area contributed by atoms with E-state index in [1.165, 1.54) is 6.92 Å². The third-order valence-corrected chi connectivity index (χ3v) is 2.43. The van der Waals surface area contributed by atoms with E-state index in [2.05, 4.69) is 0 Å². The van der Waals surface area contributed by atoms with Crippen LogP contribution in [0.5, 0.6) is 0 Å². The summed E-state index contributed by atoms with van der Waals surface area (Å²) in [5, 5.41) is 9.34. The Bertz CT molecular complexity index is 223. The van der Waals surface area contributed by atoms with E-state index in [1.54, 1.807) is 0 Å². The maximum absolute atomic E-state index is 11.4. The van der Waals surface area contributed by atoms with Gasteiger partial charge in [-0.1, -0.05) is 20.8 Å². The van der Waals surface area contributed by atoms with Crippen molar-refractivity contribution in [3.05, 3.63) is 0 Å². The number of rotatable bonds is 11. The fraction of sp³-hybridized carbons (Fsp3) is 0.923. The van der Waals surface area contributed by atoms with E-state index >= 15 is 0 Å². The zero-order chi connectivity index (χ0) is 14.0. The molecule has 0 aromatic rings. The number of carboxylic acids is 1. The lowest BCUT2D eigenvalue weighted by Gasteiger charge is -2.33. The van der Waals surface area contributed by atoms with Crippen molar-refractivity contribution in [1.29, 1.82) is 0 Å². The molecule has 0 bridgehead atoms. The molecule has 108 valence electrons. The van der Waals surface area contributed by atoms with Crippen molar-refractivity contribution in [1.82, 2.24) is 0 Å². The SMILES string of the molecule is CCCOC(OCCC)C(C)(OCCC)C(=O)O. The van der Waals surface area contributed by atoms with Crippen molar-refractivity contribution in [3.63, 3.8) is 0 Å². The molecule has 5 nitrogen and oxygen atoms in total. The Balaban J connectivity index is 4.75. The minimum atomic E-state index is -1.46. The predicted molar refractivity (Wildman–Crippen MR) is 68.6 cm³/mol. The molecule has 18 heavy (non-hydrogen) atoms. The fourth-order valence-corrected chi connectivity index (χ4v) is 1.36. The fourth-order valence-electron chi connectivity index (χ4n) is 1.36. The summed E-state index contributed by atoms with van der Waals surface area (Å²) in [5.74, 6) is -1.06. The van der Waals surface area contributed by atoms with Crippen molar-refractivity contribution in [2.75, 3.05) is 19.8 Å². The summed E-state index contributed by atoms with van der Waals surface area (Å²) in [7, 11) is 0. The highest BCUT2D eigenvalue weighted by molar-refractivity contribution is 5.77. The van der Waals surface area contributed by atoms with E-state index in [4.69, 9.17) is 14.2 Å². The second kappa shape index (κ2) is 9.30. The van der Waals surface area contributed by atoms with Gasteiger partial charge >= 0.3 is 5.97 Å². The van der Waals surface area contributed by atoms with Crippen LogP contribution in [0, 0.1) is 0 Å². The Labute approximate surface area is 109 Å². The molecule has 0 rings (SSSR count). The normalized spacial score (nSPS) is 14.7. The first kappa shape index (κ1) is 17.4. The summed E-state index contributed by atoms with van der Waals surface area (Å²) in [6, 6.07) is 0. The molecule has 1 atom stereocenters. The van der Waals surface area contributed by atoms with E-state index < -0.39 is 17.9 Å². The Hall–Kier alpha value is -0.650. The molecule has 1 N–H and O–H groups in total. The summed E-state index contributed by atoms with van der Waals surface area (Å²) >= 11 is 0. The molecule has 0 spiro atoms. The van der Waals surface area contributed by atoms with Crippen LogP contribution in [0.15, 0.2) is 0 Å². The first-order valence-electron chi connectivity index (χ1n) is 6.63. The van der Waals surface area contributed by atoms with Gasteiger partial charge in [0.15, 0.2) is 6.29 Å². The van der Waals surface area contributed by atoms with Crippen LogP contribution in [0.4, 0.5) is 0 Å². The third-order valence-electron chi connectivity index (χ3n) is 2.43. The minimum Gasteiger partial charge on any atom is -0.479 e. The van der Waals surface area contributed by atoms with Crippen molar-refractivity contribution in [3.8, 4) is 0 Å². The zero-order valence-electron chi connectivity index (χ0n) is 11.9.